The van der Waals surface area contributed by atoms with E-state index in [0.29, 0.717) is 24.2 Å². The Morgan fingerprint density at radius 3 is 2.37 bits per heavy atom. The Hall–Kier alpha value is -5.75. The number of ether oxygens (including phenoxy) is 2. The molecule has 2 aromatic heterocycles. The topological polar surface area (TPSA) is 273 Å². The summed E-state index contributed by atoms with van der Waals surface area (Å²) in [7, 11) is -3.64. The molecular formula is C34H40N7O12P. The number of nitrogens with two attached hydrogens (primary N) is 1. The normalized spacial score (nSPS) is 11.8. The summed E-state index contributed by atoms with van der Waals surface area (Å²) in [6.07, 6.45) is 1.50. The van der Waals surface area contributed by atoms with E-state index in [1.807, 2.05) is 0 Å². The van der Waals surface area contributed by atoms with Crippen LogP contribution in [0.3, 0.4) is 0 Å². The zero-order valence-corrected chi connectivity index (χ0v) is 30.3. The third-order valence-electron chi connectivity index (χ3n) is 7.27. The van der Waals surface area contributed by atoms with Crippen molar-refractivity contribution >= 4 is 54.4 Å². The summed E-state index contributed by atoms with van der Waals surface area (Å²) in [6, 6.07) is 10.6. The van der Waals surface area contributed by atoms with E-state index in [0.717, 1.165) is 0 Å². The highest BCUT2D eigenvalue weighted by Gasteiger charge is 2.25. The van der Waals surface area contributed by atoms with Gasteiger partial charge in [-0.1, -0.05) is 12.1 Å². The van der Waals surface area contributed by atoms with Gasteiger partial charge >= 0.3 is 25.7 Å². The van der Waals surface area contributed by atoms with E-state index in [9.17, 15) is 33.6 Å². The Balaban J connectivity index is 1.23. The number of carboxylic acid groups (broad SMARTS) is 1. The van der Waals surface area contributed by atoms with Crippen molar-refractivity contribution in [3.63, 3.8) is 0 Å². The molecule has 2 aromatic carbocycles. The predicted octanol–water partition coefficient (Wildman–Crippen LogP) is 3.61. The van der Waals surface area contributed by atoms with E-state index < -0.39 is 49.7 Å². The van der Waals surface area contributed by atoms with Gasteiger partial charge in [-0.25, -0.2) is 24.1 Å². The van der Waals surface area contributed by atoms with Crippen LogP contribution in [0.4, 0.5) is 11.6 Å². The van der Waals surface area contributed by atoms with Crippen LogP contribution in [0.25, 0.3) is 11.2 Å². The lowest BCUT2D eigenvalue weighted by Crippen LogP contribution is -2.41. The fraction of sp³-hybridized carbons (Fsp3) is 0.353. The molecule has 0 aliphatic carbocycles. The van der Waals surface area contributed by atoms with Crippen LogP contribution in [-0.4, -0.2) is 81.3 Å². The molecule has 0 aliphatic rings. The van der Waals surface area contributed by atoms with Crippen LogP contribution in [-0.2, 0) is 39.0 Å². The number of hydrogen-bond acceptors (Lipinski definition) is 16. The van der Waals surface area contributed by atoms with Gasteiger partial charge in [0, 0.05) is 17.7 Å². The first-order valence-electron chi connectivity index (χ1n) is 16.8. The highest BCUT2D eigenvalue weighted by atomic mass is 31.2. The maximum atomic E-state index is 12.9. The molecule has 0 radical (unpaired) electrons. The van der Waals surface area contributed by atoms with Crippen LogP contribution in [0.15, 0.2) is 59.5 Å². The number of anilines is 2. The average Bonchev–Trinajstić information content (AvgIpc) is 3.14. The van der Waals surface area contributed by atoms with Gasteiger partial charge in [-0.2, -0.15) is 4.98 Å². The lowest BCUT2D eigenvalue weighted by atomic mass is 10.1. The number of aliphatic carboxylic acids is 1. The van der Waals surface area contributed by atoms with Crippen LogP contribution in [0.1, 0.15) is 65.9 Å². The minimum absolute atomic E-state index is 0.00427. The maximum absolute atomic E-state index is 12.9. The predicted molar refractivity (Wildman–Crippen MR) is 193 cm³/mol. The van der Waals surface area contributed by atoms with Gasteiger partial charge in [0.1, 0.15) is 17.4 Å². The second-order valence-corrected chi connectivity index (χ2v) is 12.9. The minimum atomic E-state index is -3.64. The van der Waals surface area contributed by atoms with Gasteiger partial charge < -0.3 is 30.9 Å². The van der Waals surface area contributed by atoms with Crippen molar-refractivity contribution in [2.45, 2.75) is 52.1 Å². The summed E-state index contributed by atoms with van der Waals surface area (Å²) in [6.45, 7) is 3.86. The molecule has 0 aliphatic heterocycles. The summed E-state index contributed by atoms with van der Waals surface area (Å²) in [5.41, 5.74) is 6.32. The quantitative estimate of drug-likeness (QED) is 0.0350. The van der Waals surface area contributed by atoms with Crippen LogP contribution in [0, 0.1) is 0 Å². The lowest BCUT2D eigenvalue weighted by Gasteiger charge is -2.16. The number of carbonyl (C=O) groups is 4. The minimum Gasteiger partial charge on any atom is -0.480 e. The number of unbranched alkanes of at least 4 members (excludes halogenated alkanes) is 1. The van der Waals surface area contributed by atoms with E-state index in [4.69, 9.17) is 28.8 Å². The number of H-pyrrole nitrogens is 1. The molecule has 4 aromatic rings. The fourth-order valence-corrected chi connectivity index (χ4v) is 5.91. The van der Waals surface area contributed by atoms with Crippen molar-refractivity contribution in [2.75, 3.05) is 37.5 Å². The number of rotatable bonds is 21. The Morgan fingerprint density at radius 2 is 1.67 bits per heavy atom. The first-order valence-corrected chi connectivity index (χ1v) is 18.3. The largest absolute Gasteiger partial charge is 0.480 e. The van der Waals surface area contributed by atoms with Crippen molar-refractivity contribution in [3.05, 3.63) is 81.9 Å². The van der Waals surface area contributed by atoms with Crippen LogP contribution >= 0.6 is 7.82 Å². The molecule has 4 rings (SSSR count). The van der Waals surface area contributed by atoms with Gasteiger partial charge in [-0.3, -0.25) is 32.9 Å². The van der Waals surface area contributed by atoms with Crippen molar-refractivity contribution in [2.24, 2.45) is 0 Å². The molecule has 0 saturated carbocycles. The number of carboxylic acids is 1. The molecule has 19 nitrogen and oxygen atoms in total. The van der Waals surface area contributed by atoms with Crippen LogP contribution in [0.2, 0.25) is 0 Å². The van der Waals surface area contributed by atoms with Crippen molar-refractivity contribution in [1.82, 2.24) is 25.3 Å². The molecule has 0 fully saturated rings. The van der Waals surface area contributed by atoms with E-state index >= 15 is 0 Å². The van der Waals surface area contributed by atoms with Gasteiger partial charge in [0.2, 0.25) is 5.95 Å². The second kappa shape index (κ2) is 19.9. The van der Waals surface area contributed by atoms with Crippen LogP contribution < -0.4 is 26.7 Å². The summed E-state index contributed by atoms with van der Waals surface area (Å²) in [5, 5.41) is 15.2. The number of hydrogen-bond donors (Lipinski definition) is 5. The van der Waals surface area contributed by atoms with Crippen molar-refractivity contribution in [3.8, 4) is 5.75 Å². The Labute approximate surface area is 308 Å². The first kappa shape index (κ1) is 41.0. The second-order valence-electron chi connectivity index (χ2n) is 11.2. The molecule has 20 heteroatoms. The van der Waals surface area contributed by atoms with E-state index in [2.05, 4.69) is 30.6 Å². The highest BCUT2D eigenvalue weighted by molar-refractivity contribution is 7.48. The molecule has 0 unspecified atom stereocenters. The number of nitrogens with zero attached hydrogens (tertiary/aromatic N) is 3. The number of benzene rings is 2. The summed E-state index contributed by atoms with van der Waals surface area (Å²) in [5.74, 6) is -3.80. The molecule has 1 atom stereocenters. The van der Waals surface area contributed by atoms with Gasteiger partial charge in [-0.15, -0.1) is 0 Å². The van der Waals surface area contributed by atoms with E-state index in [1.165, 1.54) is 30.5 Å². The standard InChI is InChI=1S/C34H40N7O12P/c1-3-50-54(48,51-4-2)52-18-8-7-17-49-33(47)24-9-5-6-10-26(24)53-27(42)16-15-25(32(45)46)39-30(43)21-11-13-22(14-12-21)36-19-23-20-37-29-28(38-23)31(44)41-34(35)40-29/h5-6,9-14,20,25,36H,3-4,7-8,15-19H2,1-2H3,(H,39,43)(H,45,46)(H3,35,37,40,41,44)/t25-/m0/s1. The number of esters is 2. The number of nitrogen functional groups attached to an aromatic ring is 1. The molecule has 288 valence electrons. The zero-order valence-electron chi connectivity index (χ0n) is 29.4. The Bertz CT molecular complexity index is 2030. The lowest BCUT2D eigenvalue weighted by molar-refractivity contribution is -0.140. The monoisotopic (exact) mass is 769 g/mol. The van der Waals surface area contributed by atoms with Crippen molar-refractivity contribution < 1.29 is 51.9 Å². The smallest absolute Gasteiger partial charge is 0.474 e. The third kappa shape index (κ3) is 12.2. The molecule has 1 amide bonds. The molecular weight excluding hydrogens is 729 g/mol. The summed E-state index contributed by atoms with van der Waals surface area (Å²) in [4.78, 5) is 77.0. The highest BCUT2D eigenvalue weighted by Crippen LogP contribution is 2.49. The SMILES string of the molecule is CCOP(=O)(OCC)OCCCCOC(=O)c1ccccc1OC(=O)CC[C@H](NC(=O)c1ccc(NCc2cnc3nc(N)[nH]c(=O)c3n2)cc1)C(=O)O. The molecule has 54 heavy (non-hydrogen) atoms. The number of nitrogens with one attached hydrogen (secondary N) is 3. The number of aromatic amines is 1. The molecule has 0 saturated heterocycles. The number of aromatic nitrogens is 4. The number of para-hydroxylation sites is 1. The number of amides is 1. The number of phosphoric acid groups is 1. The van der Waals surface area contributed by atoms with E-state index in [1.54, 1.807) is 38.1 Å². The molecule has 0 spiro atoms. The Kier molecular flexibility index (Phi) is 15.1. The van der Waals surface area contributed by atoms with Crippen molar-refractivity contribution in [1.29, 1.82) is 0 Å². The zero-order chi connectivity index (χ0) is 39.1. The number of phosphoric ester groups is 1. The molecule has 6 N–H and O–H groups in total. The number of carbonyl (C=O) groups excluding carboxylic acids is 3. The maximum Gasteiger partial charge on any atom is 0.474 e. The van der Waals surface area contributed by atoms with Crippen LogP contribution in [0.5, 0.6) is 5.75 Å². The number of fused-ring (bicyclic) bond motifs is 1. The summed E-state index contributed by atoms with van der Waals surface area (Å²) < 4.78 is 38.3. The van der Waals surface area contributed by atoms with Gasteiger partial charge in [0.15, 0.2) is 11.2 Å². The molecule has 0 bridgehead atoms. The molecule has 2 heterocycles. The van der Waals surface area contributed by atoms with E-state index in [-0.39, 0.29) is 73.4 Å². The Morgan fingerprint density at radius 1 is 0.963 bits per heavy atom. The summed E-state index contributed by atoms with van der Waals surface area (Å²) >= 11 is 0. The first-order chi connectivity index (χ1) is 25.9. The third-order valence-corrected chi connectivity index (χ3v) is 8.92. The average molecular weight is 770 g/mol. The van der Waals surface area contributed by atoms with Gasteiger partial charge in [-0.05, 0) is 69.5 Å². The van der Waals surface area contributed by atoms with Gasteiger partial charge in [0.25, 0.3) is 11.5 Å². The fourth-order valence-electron chi connectivity index (χ4n) is 4.70. The van der Waals surface area contributed by atoms with Gasteiger partial charge in [0.05, 0.1) is 44.9 Å².